The highest BCUT2D eigenvalue weighted by molar-refractivity contribution is 7.80. The lowest BCUT2D eigenvalue weighted by Gasteiger charge is -2.13. The molecule has 2 rings (SSSR count). The molecule has 0 saturated carbocycles. The maximum Gasteiger partial charge on any atom is 0.277 e. The van der Waals surface area contributed by atoms with Crippen LogP contribution in [0.4, 0.5) is 5.69 Å². The van der Waals surface area contributed by atoms with Crippen molar-refractivity contribution in [2.45, 2.75) is 0 Å². The first-order valence-corrected chi connectivity index (χ1v) is 5.68. The number of carbonyl (C=O) groups excluding carboxylic acids is 1. The summed E-state index contributed by atoms with van der Waals surface area (Å²) in [7, 11) is 1.49. The minimum absolute atomic E-state index is 0.153. The van der Waals surface area contributed by atoms with Crippen molar-refractivity contribution in [3.63, 3.8) is 0 Å². The number of nitrogens with zero attached hydrogens (tertiary/aromatic N) is 2. The van der Waals surface area contributed by atoms with Crippen molar-refractivity contribution in [3.8, 4) is 5.75 Å². The molecule has 98 valence electrons. The van der Waals surface area contributed by atoms with Gasteiger partial charge in [-0.05, 0) is 12.1 Å². The summed E-state index contributed by atoms with van der Waals surface area (Å²) in [5, 5.41) is 12.3. The van der Waals surface area contributed by atoms with Crippen LogP contribution in [0.5, 0.6) is 5.75 Å². The summed E-state index contributed by atoms with van der Waals surface area (Å²) in [6.45, 7) is 0. The van der Waals surface area contributed by atoms with Gasteiger partial charge in [0.2, 0.25) is 0 Å². The van der Waals surface area contributed by atoms with Crippen LogP contribution in [0, 0.1) is 0 Å². The number of nitrogens with two attached hydrogens (primary N) is 1. The molecule has 1 heterocycles. The van der Waals surface area contributed by atoms with Gasteiger partial charge in [-0.1, -0.05) is 18.3 Å². The number of thiocarbonyl (C=S) groups is 1. The topological polar surface area (TPSA) is 106 Å². The SMILES string of the molecule is COc1cccc(C(N)=S)c1NC(=O)c1cn[nH]n1. The Labute approximate surface area is 114 Å². The predicted molar refractivity (Wildman–Crippen MR) is 73.2 cm³/mol. The third kappa shape index (κ3) is 2.68. The number of methoxy groups -OCH3 is 1. The quantitative estimate of drug-likeness (QED) is 0.710. The Balaban J connectivity index is 2.38. The van der Waals surface area contributed by atoms with Gasteiger partial charge in [-0.15, -0.1) is 0 Å². The first kappa shape index (κ1) is 13.0. The molecule has 1 aromatic carbocycles. The fourth-order valence-corrected chi connectivity index (χ4v) is 1.69. The Kier molecular flexibility index (Phi) is 3.71. The van der Waals surface area contributed by atoms with Gasteiger partial charge in [-0.2, -0.15) is 15.4 Å². The number of nitrogens with one attached hydrogen (secondary N) is 2. The van der Waals surface area contributed by atoms with Crippen molar-refractivity contribution in [2.75, 3.05) is 12.4 Å². The van der Waals surface area contributed by atoms with E-state index in [4.69, 9.17) is 22.7 Å². The first-order valence-electron chi connectivity index (χ1n) is 5.27. The summed E-state index contributed by atoms with van der Waals surface area (Å²) in [6, 6.07) is 5.13. The predicted octanol–water partition coefficient (Wildman–Crippen LogP) is 0.700. The van der Waals surface area contributed by atoms with Gasteiger partial charge in [0.05, 0.1) is 19.0 Å². The molecule has 0 atom stereocenters. The van der Waals surface area contributed by atoms with E-state index in [9.17, 15) is 4.79 Å². The van der Waals surface area contributed by atoms with E-state index in [0.717, 1.165) is 0 Å². The molecule has 0 saturated heterocycles. The second-order valence-electron chi connectivity index (χ2n) is 3.56. The number of H-pyrrole nitrogens is 1. The molecule has 0 aliphatic heterocycles. The zero-order valence-electron chi connectivity index (χ0n) is 10.0. The van der Waals surface area contributed by atoms with Gasteiger partial charge in [0, 0.05) is 5.56 Å². The van der Waals surface area contributed by atoms with Crippen molar-refractivity contribution in [1.82, 2.24) is 15.4 Å². The third-order valence-electron chi connectivity index (χ3n) is 2.40. The molecule has 8 heteroatoms. The lowest BCUT2D eigenvalue weighted by molar-refractivity contribution is 0.102. The van der Waals surface area contributed by atoms with Crippen molar-refractivity contribution < 1.29 is 9.53 Å². The van der Waals surface area contributed by atoms with Crippen LogP contribution >= 0.6 is 12.2 Å². The molecule has 1 aromatic heterocycles. The fraction of sp³-hybridized carbons (Fsp3) is 0.0909. The molecule has 7 nitrogen and oxygen atoms in total. The average molecular weight is 277 g/mol. The van der Waals surface area contributed by atoms with Crippen molar-refractivity contribution >= 4 is 28.8 Å². The number of aromatic nitrogens is 3. The summed E-state index contributed by atoms with van der Waals surface area (Å²) in [4.78, 5) is 12.1. The van der Waals surface area contributed by atoms with E-state index < -0.39 is 5.91 Å². The summed E-state index contributed by atoms with van der Waals surface area (Å²) < 4.78 is 5.18. The van der Waals surface area contributed by atoms with E-state index >= 15 is 0 Å². The fourth-order valence-electron chi connectivity index (χ4n) is 1.52. The molecule has 0 aliphatic carbocycles. The van der Waals surface area contributed by atoms with Crippen LogP contribution < -0.4 is 15.8 Å². The summed E-state index contributed by atoms with van der Waals surface area (Å²) in [5.41, 5.74) is 6.70. The molecule has 0 spiro atoms. The number of amides is 1. The molecule has 2 aromatic rings. The number of rotatable bonds is 4. The molecular formula is C11H11N5O2S. The third-order valence-corrected chi connectivity index (χ3v) is 2.62. The highest BCUT2D eigenvalue weighted by atomic mass is 32.1. The van der Waals surface area contributed by atoms with Gasteiger partial charge < -0.3 is 15.8 Å². The summed E-state index contributed by atoms with van der Waals surface area (Å²) in [5.74, 6) is 0.0258. The summed E-state index contributed by atoms with van der Waals surface area (Å²) in [6.07, 6.45) is 1.31. The smallest absolute Gasteiger partial charge is 0.277 e. The largest absolute Gasteiger partial charge is 0.495 e. The molecule has 0 aliphatic rings. The Morgan fingerprint density at radius 2 is 2.32 bits per heavy atom. The number of anilines is 1. The Hall–Kier alpha value is -2.48. The number of carbonyl (C=O) groups is 1. The monoisotopic (exact) mass is 277 g/mol. The van der Waals surface area contributed by atoms with Gasteiger partial charge in [0.1, 0.15) is 10.7 Å². The van der Waals surface area contributed by atoms with E-state index in [-0.39, 0.29) is 10.7 Å². The van der Waals surface area contributed by atoms with Crippen LogP contribution in [-0.4, -0.2) is 33.4 Å². The van der Waals surface area contributed by atoms with Crippen LogP contribution in [0.3, 0.4) is 0 Å². The van der Waals surface area contributed by atoms with Crippen LogP contribution in [0.1, 0.15) is 16.1 Å². The molecule has 0 bridgehead atoms. The van der Waals surface area contributed by atoms with Gasteiger partial charge in [0.15, 0.2) is 5.69 Å². The standard InChI is InChI=1S/C11H11N5O2S/c1-18-8-4-2-3-6(10(12)19)9(8)14-11(17)7-5-13-16-15-7/h2-5H,1H3,(H2,12,19)(H,14,17)(H,13,15,16). The van der Waals surface area contributed by atoms with Crippen molar-refractivity contribution in [1.29, 1.82) is 0 Å². The maximum absolute atomic E-state index is 11.9. The maximum atomic E-state index is 11.9. The molecule has 0 unspecified atom stereocenters. The average Bonchev–Trinajstić information content (AvgIpc) is 2.92. The lowest BCUT2D eigenvalue weighted by atomic mass is 10.1. The number of para-hydroxylation sites is 1. The zero-order chi connectivity index (χ0) is 13.8. The first-order chi connectivity index (χ1) is 9.13. The number of benzene rings is 1. The Bertz CT molecular complexity index is 612. The van der Waals surface area contributed by atoms with Crippen molar-refractivity contribution in [2.24, 2.45) is 5.73 Å². The number of ether oxygens (including phenoxy) is 1. The van der Waals surface area contributed by atoms with Crippen molar-refractivity contribution in [3.05, 3.63) is 35.7 Å². The molecular weight excluding hydrogens is 266 g/mol. The van der Waals surface area contributed by atoms with Gasteiger partial charge in [-0.3, -0.25) is 4.79 Å². The Morgan fingerprint density at radius 1 is 1.53 bits per heavy atom. The van der Waals surface area contributed by atoms with E-state index in [1.807, 2.05) is 0 Å². The summed E-state index contributed by atoms with van der Waals surface area (Å²) >= 11 is 4.95. The van der Waals surface area contributed by atoms with Crippen LogP contribution in [0.25, 0.3) is 0 Å². The van der Waals surface area contributed by atoms with Gasteiger partial charge in [-0.25, -0.2) is 0 Å². The van der Waals surface area contributed by atoms with Gasteiger partial charge >= 0.3 is 0 Å². The normalized spacial score (nSPS) is 9.95. The zero-order valence-corrected chi connectivity index (χ0v) is 10.8. The molecule has 0 fully saturated rings. The van der Waals surface area contributed by atoms with E-state index in [1.54, 1.807) is 18.2 Å². The highest BCUT2D eigenvalue weighted by Gasteiger charge is 2.16. The van der Waals surface area contributed by atoms with Crippen LogP contribution in [0.15, 0.2) is 24.4 Å². The molecule has 19 heavy (non-hydrogen) atoms. The second kappa shape index (κ2) is 5.44. The highest BCUT2D eigenvalue weighted by Crippen LogP contribution is 2.28. The lowest BCUT2D eigenvalue weighted by Crippen LogP contribution is -2.18. The van der Waals surface area contributed by atoms with Gasteiger partial charge in [0.25, 0.3) is 5.91 Å². The molecule has 4 N–H and O–H groups in total. The van der Waals surface area contributed by atoms with Crippen LogP contribution in [-0.2, 0) is 0 Å². The molecule has 0 radical (unpaired) electrons. The number of hydrogen-bond donors (Lipinski definition) is 3. The van der Waals surface area contributed by atoms with E-state index in [0.29, 0.717) is 17.0 Å². The minimum atomic E-state index is -0.434. The molecule has 1 amide bonds. The number of hydrogen-bond acceptors (Lipinski definition) is 5. The van der Waals surface area contributed by atoms with Crippen LogP contribution in [0.2, 0.25) is 0 Å². The van der Waals surface area contributed by atoms with E-state index in [1.165, 1.54) is 13.3 Å². The number of aromatic amines is 1. The Morgan fingerprint density at radius 3 is 2.89 bits per heavy atom. The second-order valence-corrected chi connectivity index (χ2v) is 4.00. The minimum Gasteiger partial charge on any atom is -0.495 e. The van der Waals surface area contributed by atoms with E-state index in [2.05, 4.69) is 20.7 Å².